The van der Waals surface area contributed by atoms with Gasteiger partial charge in [0.2, 0.25) is 0 Å². The second kappa shape index (κ2) is 9.35. The summed E-state index contributed by atoms with van der Waals surface area (Å²) in [5, 5.41) is 9.49. The Bertz CT molecular complexity index is 1110. The van der Waals surface area contributed by atoms with Crippen molar-refractivity contribution < 1.29 is 18.3 Å². The third-order valence-electron chi connectivity index (χ3n) is 4.12. The van der Waals surface area contributed by atoms with Gasteiger partial charge in [-0.2, -0.15) is 5.26 Å². The molecule has 0 fully saturated rings. The summed E-state index contributed by atoms with van der Waals surface area (Å²) in [7, 11) is 1.50. The molecule has 0 aliphatic carbocycles. The van der Waals surface area contributed by atoms with E-state index in [0.29, 0.717) is 38.2 Å². The van der Waals surface area contributed by atoms with Gasteiger partial charge in [-0.15, -0.1) is 0 Å². The average molecular weight is 456 g/mol. The van der Waals surface area contributed by atoms with Gasteiger partial charge in [0.15, 0.2) is 11.5 Å². The van der Waals surface area contributed by atoms with Crippen molar-refractivity contribution in [1.29, 1.82) is 5.26 Å². The lowest BCUT2D eigenvalue weighted by atomic mass is 10.0. The van der Waals surface area contributed by atoms with E-state index in [9.17, 15) is 14.0 Å². The van der Waals surface area contributed by atoms with E-state index < -0.39 is 5.82 Å². The smallest absolute Gasteiger partial charge is 0.162 e. The van der Waals surface area contributed by atoms with E-state index in [2.05, 4.69) is 22.0 Å². The molecule has 146 valence electrons. The van der Waals surface area contributed by atoms with Gasteiger partial charge in [-0.3, -0.25) is 0 Å². The first-order valence-electron chi connectivity index (χ1n) is 8.62. The average Bonchev–Trinajstić information content (AvgIpc) is 2.71. The number of allylic oxidation sites excluding steroid dienone is 1. The van der Waals surface area contributed by atoms with E-state index in [1.54, 1.807) is 42.5 Å². The summed E-state index contributed by atoms with van der Waals surface area (Å²) in [5.41, 5.74) is 2.14. The van der Waals surface area contributed by atoms with Crippen molar-refractivity contribution in [3.05, 3.63) is 93.5 Å². The van der Waals surface area contributed by atoms with Gasteiger partial charge in [0, 0.05) is 4.47 Å². The van der Waals surface area contributed by atoms with Crippen LogP contribution >= 0.6 is 15.9 Å². The topological polar surface area (TPSA) is 42.2 Å². The van der Waals surface area contributed by atoms with Crippen molar-refractivity contribution in [2.45, 2.75) is 6.61 Å². The molecule has 0 bridgehead atoms. The molecule has 3 nitrogen and oxygen atoms in total. The van der Waals surface area contributed by atoms with Gasteiger partial charge >= 0.3 is 0 Å². The van der Waals surface area contributed by atoms with Crippen LogP contribution in [-0.2, 0) is 6.61 Å². The summed E-state index contributed by atoms with van der Waals surface area (Å²) in [6, 6.07) is 17.5. The molecule has 0 unspecified atom stereocenters. The quantitative estimate of drug-likeness (QED) is 0.319. The number of hydrogen-bond donors (Lipinski definition) is 0. The minimum absolute atomic E-state index is 0.169. The number of rotatable bonds is 6. The Morgan fingerprint density at radius 2 is 1.76 bits per heavy atom. The predicted molar refractivity (Wildman–Crippen MR) is 111 cm³/mol. The van der Waals surface area contributed by atoms with Crippen molar-refractivity contribution in [3.63, 3.8) is 0 Å². The molecular formula is C23H16BrF2NO2. The van der Waals surface area contributed by atoms with Gasteiger partial charge in [-0.05, 0) is 59.2 Å². The summed E-state index contributed by atoms with van der Waals surface area (Å²) >= 11 is 3.47. The van der Waals surface area contributed by atoms with Gasteiger partial charge in [0.25, 0.3) is 0 Å². The maximum atomic E-state index is 13.5. The molecule has 0 amide bonds. The second-order valence-corrected chi connectivity index (χ2v) is 6.98. The molecule has 0 aliphatic rings. The molecule has 6 heteroatoms. The zero-order valence-electron chi connectivity index (χ0n) is 15.5. The van der Waals surface area contributed by atoms with Crippen LogP contribution in [0.2, 0.25) is 0 Å². The molecule has 29 heavy (non-hydrogen) atoms. The molecule has 3 rings (SSSR count). The lowest BCUT2D eigenvalue weighted by Crippen LogP contribution is -1.99. The Morgan fingerprint density at radius 1 is 1.03 bits per heavy atom. The van der Waals surface area contributed by atoms with Crippen LogP contribution in [0.25, 0.3) is 11.6 Å². The minimum atomic E-state index is -0.415. The lowest BCUT2D eigenvalue weighted by Gasteiger charge is -2.13. The highest BCUT2D eigenvalue weighted by atomic mass is 79.9. The van der Waals surface area contributed by atoms with Gasteiger partial charge in [0.1, 0.15) is 18.2 Å². The van der Waals surface area contributed by atoms with Crippen LogP contribution in [-0.4, -0.2) is 7.11 Å². The monoisotopic (exact) mass is 455 g/mol. The SMILES string of the molecule is COc1cc(/C=C(/C#N)c2cccc(F)c2)c(Br)cc1OCc1cccc(F)c1. The number of nitriles is 1. The third kappa shape index (κ3) is 5.21. The minimum Gasteiger partial charge on any atom is -0.493 e. The highest BCUT2D eigenvalue weighted by Gasteiger charge is 2.12. The first kappa shape index (κ1) is 20.6. The van der Waals surface area contributed by atoms with Gasteiger partial charge in [0.05, 0.1) is 18.8 Å². The van der Waals surface area contributed by atoms with Crippen LogP contribution in [0.4, 0.5) is 8.78 Å². The standard InChI is InChI=1S/C23H16BrF2NO2/c1-28-22-11-17(9-18(13-27)16-5-3-7-20(26)10-16)21(24)12-23(22)29-14-15-4-2-6-19(25)8-15/h2-12H,14H2,1H3/b18-9-. The van der Waals surface area contributed by atoms with Gasteiger partial charge < -0.3 is 9.47 Å². The number of ether oxygens (including phenoxy) is 2. The third-order valence-corrected chi connectivity index (χ3v) is 4.81. The Labute approximate surface area is 175 Å². The number of methoxy groups -OCH3 is 1. The fraction of sp³-hybridized carbons (Fsp3) is 0.0870. The van der Waals surface area contributed by atoms with E-state index in [0.717, 1.165) is 0 Å². The van der Waals surface area contributed by atoms with E-state index in [4.69, 9.17) is 9.47 Å². The van der Waals surface area contributed by atoms with E-state index >= 15 is 0 Å². The molecule has 0 heterocycles. The number of hydrogen-bond acceptors (Lipinski definition) is 3. The fourth-order valence-electron chi connectivity index (χ4n) is 2.71. The summed E-state index contributed by atoms with van der Waals surface area (Å²) in [5.74, 6) is 0.167. The number of halogens is 3. The highest BCUT2D eigenvalue weighted by molar-refractivity contribution is 9.10. The van der Waals surface area contributed by atoms with Crippen LogP contribution < -0.4 is 9.47 Å². The summed E-state index contributed by atoms with van der Waals surface area (Å²) in [4.78, 5) is 0. The van der Waals surface area contributed by atoms with Crippen LogP contribution in [0.3, 0.4) is 0 Å². The molecule has 0 N–H and O–H groups in total. The largest absolute Gasteiger partial charge is 0.493 e. The summed E-state index contributed by atoms with van der Waals surface area (Å²) in [6.45, 7) is 0.169. The Balaban J connectivity index is 1.90. The molecule has 0 saturated heterocycles. The van der Waals surface area contributed by atoms with Crippen molar-refractivity contribution in [2.75, 3.05) is 7.11 Å². The van der Waals surface area contributed by atoms with Crippen molar-refractivity contribution >= 4 is 27.6 Å². The van der Waals surface area contributed by atoms with Crippen molar-refractivity contribution in [2.24, 2.45) is 0 Å². The van der Waals surface area contributed by atoms with Gasteiger partial charge in [-0.25, -0.2) is 8.78 Å². The molecule has 0 aliphatic heterocycles. The van der Waals surface area contributed by atoms with Crippen LogP contribution in [0.15, 0.2) is 65.1 Å². The van der Waals surface area contributed by atoms with Crippen LogP contribution in [0.1, 0.15) is 16.7 Å². The maximum absolute atomic E-state index is 13.5. The normalized spacial score (nSPS) is 11.1. The van der Waals surface area contributed by atoms with Crippen molar-refractivity contribution in [1.82, 2.24) is 0 Å². The Hall–Kier alpha value is -3.17. The van der Waals surface area contributed by atoms with Crippen LogP contribution in [0.5, 0.6) is 11.5 Å². The molecule has 0 saturated carbocycles. The molecule has 0 radical (unpaired) electrons. The van der Waals surface area contributed by atoms with Gasteiger partial charge in [-0.1, -0.05) is 40.2 Å². The maximum Gasteiger partial charge on any atom is 0.162 e. The molecule has 3 aromatic rings. The zero-order valence-corrected chi connectivity index (χ0v) is 17.0. The van der Waals surface area contributed by atoms with Crippen LogP contribution in [0, 0.1) is 23.0 Å². The predicted octanol–water partition coefficient (Wildman–Crippen LogP) is 6.38. The Kier molecular flexibility index (Phi) is 6.63. The highest BCUT2D eigenvalue weighted by Crippen LogP contribution is 2.36. The molecule has 0 spiro atoms. The van der Waals surface area contributed by atoms with E-state index in [1.807, 2.05) is 0 Å². The molecule has 3 aromatic carbocycles. The first-order valence-corrected chi connectivity index (χ1v) is 9.42. The first-order chi connectivity index (χ1) is 14.0. The molecule has 0 aromatic heterocycles. The zero-order chi connectivity index (χ0) is 20.8. The van der Waals surface area contributed by atoms with Crippen molar-refractivity contribution in [3.8, 4) is 17.6 Å². The number of nitrogens with zero attached hydrogens (tertiary/aromatic N) is 1. The van der Waals surface area contributed by atoms with E-state index in [-0.39, 0.29) is 12.4 Å². The Morgan fingerprint density at radius 3 is 2.41 bits per heavy atom. The summed E-state index contributed by atoms with van der Waals surface area (Å²) in [6.07, 6.45) is 1.64. The fourth-order valence-corrected chi connectivity index (χ4v) is 3.15. The summed E-state index contributed by atoms with van der Waals surface area (Å²) < 4.78 is 38.7. The lowest BCUT2D eigenvalue weighted by molar-refractivity contribution is 0.284. The molecular weight excluding hydrogens is 440 g/mol. The number of benzene rings is 3. The van der Waals surface area contributed by atoms with E-state index in [1.165, 1.54) is 31.4 Å². The second-order valence-electron chi connectivity index (χ2n) is 6.12. The molecule has 0 atom stereocenters.